The highest BCUT2D eigenvalue weighted by Gasteiger charge is 2.07. The van der Waals surface area contributed by atoms with E-state index in [2.05, 4.69) is 24.3 Å². The first-order valence-electron chi connectivity index (χ1n) is 8.01. The zero-order valence-electron chi connectivity index (χ0n) is 13.3. The van der Waals surface area contributed by atoms with Crippen molar-refractivity contribution in [1.29, 1.82) is 0 Å². The first-order valence-corrected chi connectivity index (χ1v) is 8.01. The van der Waals surface area contributed by atoms with Gasteiger partial charge in [0.1, 0.15) is 0 Å². The second kappa shape index (κ2) is 9.04. The number of carbonyl (C=O) groups is 1. The molecule has 1 aliphatic carbocycles. The molecule has 1 aromatic carbocycles. The second-order valence-electron chi connectivity index (χ2n) is 5.57. The standard InChI is InChI=1S/C20H24O2/c1-22-20(21)16-15-19-12-8-3-2-7-11-18(19)14-13-17-9-5-4-6-10-17/h4-6,9-10,13-16H,2-3,7-8,11-12H2,1H3/b14-13+,16-15+,19-18-. The first kappa shape index (κ1) is 16.3. The van der Waals surface area contributed by atoms with Gasteiger partial charge in [0.05, 0.1) is 7.11 Å². The van der Waals surface area contributed by atoms with Crippen molar-refractivity contribution in [2.24, 2.45) is 0 Å². The predicted molar refractivity (Wildman–Crippen MR) is 91.4 cm³/mol. The number of esters is 1. The van der Waals surface area contributed by atoms with Gasteiger partial charge < -0.3 is 4.74 Å². The average Bonchev–Trinajstić information content (AvgIpc) is 2.54. The molecule has 0 aromatic heterocycles. The van der Waals surface area contributed by atoms with Crippen LogP contribution in [0.1, 0.15) is 44.1 Å². The molecule has 2 nitrogen and oxygen atoms in total. The maximum absolute atomic E-state index is 11.3. The molecule has 2 rings (SSSR count). The van der Waals surface area contributed by atoms with Crippen LogP contribution in [0.5, 0.6) is 0 Å². The van der Waals surface area contributed by atoms with Gasteiger partial charge in [-0.15, -0.1) is 0 Å². The molecule has 2 heteroatoms. The van der Waals surface area contributed by atoms with Crippen LogP contribution in [0, 0.1) is 0 Å². The minimum atomic E-state index is -0.291. The van der Waals surface area contributed by atoms with Gasteiger partial charge in [0.25, 0.3) is 0 Å². The maximum atomic E-state index is 11.3. The van der Waals surface area contributed by atoms with Crippen LogP contribution in [0.25, 0.3) is 6.08 Å². The van der Waals surface area contributed by atoms with Crippen molar-refractivity contribution in [2.75, 3.05) is 7.11 Å². The van der Waals surface area contributed by atoms with Crippen LogP contribution >= 0.6 is 0 Å². The lowest BCUT2D eigenvalue weighted by Gasteiger charge is -2.13. The Hall–Kier alpha value is -2.09. The molecule has 0 radical (unpaired) electrons. The fourth-order valence-corrected chi connectivity index (χ4v) is 2.68. The van der Waals surface area contributed by atoms with Crippen LogP contribution in [0.2, 0.25) is 0 Å². The van der Waals surface area contributed by atoms with Crippen molar-refractivity contribution < 1.29 is 9.53 Å². The minimum absolute atomic E-state index is 0.291. The third-order valence-electron chi connectivity index (χ3n) is 3.95. The Kier molecular flexibility index (Phi) is 6.69. The van der Waals surface area contributed by atoms with E-state index in [-0.39, 0.29) is 5.97 Å². The SMILES string of the molecule is COC(=O)/C=C/C1=C(\C=C\c2ccccc2)CCCCCC1. The van der Waals surface area contributed by atoms with E-state index in [9.17, 15) is 4.79 Å². The zero-order valence-corrected chi connectivity index (χ0v) is 13.3. The van der Waals surface area contributed by atoms with Gasteiger partial charge in [0, 0.05) is 6.08 Å². The summed E-state index contributed by atoms with van der Waals surface area (Å²) in [6.45, 7) is 0. The fraction of sp³-hybridized carbons (Fsp3) is 0.350. The number of ether oxygens (including phenoxy) is 1. The van der Waals surface area contributed by atoms with Gasteiger partial charge in [-0.05, 0) is 42.4 Å². The molecular formula is C20H24O2. The summed E-state index contributed by atoms with van der Waals surface area (Å²) in [4.78, 5) is 11.3. The van der Waals surface area contributed by atoms with Crippen LogP contribution < -0.4 is 0 Å². The van der Waals surface area contributed by atoms with Crippen molar-refractivity contribution in [3.63, 3.8) is 0 Å². The van der Waals surface area contributed by atoms with Crippen molar-refractivity contribution in [2.45, 2.75) is 38.5 Å². The molecule has 0 fully saturated rings. The second-order valence-corrected chi connectivity index (χ2v) is 5.57. The number of methoxy groups -OCH3 is 1. The highest BCUT2D eigenvalue weighted by atomic mass is 16.5. The Labute approximate surface area is 133 Å². The molecule has 22 heavy (non-hydrogen) atoms. The lowest BCUT2D eigenvalue weighted by molar-refractivity contribution is -0.134. The van der Waals surface area contributed by atoms with Gasteiger partial charge in [0.2, 0.25) is 0 Å². The number of allylic oxidation sites excluding steroid dienone is 4. The van der Waals surface area contributed by atoms with Gasteiger partial charge >= 0.3 is 5.97 Å². The molecule has 0 amide bonds. The number of benzene rings is 1. The number of hydrogen-bond acceptors (Lipinski definition) is 2. The fourth-order valence-electron chi connectivity index (χ4n) is 2.68. The Bertz CT molecular complexity index is 565. The summed E-state index contributed by atoms with van der Waals surface area (Å²) in [6.07, 6.45) is 14.9. The van der Waals surface area contributed by atoms with E-state index < -0.39 is 0 Å². The molecule has 0 heterocycles. The predicted octanol–water partition coefficient (Wildman–Crippen LogP) is 5.08. The lowest BCUT2D eigenvalue weighted by Crippen LogP contribution is -1.97. The topological polar surface area (TPSA) is 26.3 Å². The molecule has 0 spiro atoms. The van der Waals surface area contributed by atoms with Gasteiger partial charge in [-0.25, -0.2) is 4.79 Å². The van der Waals surface area contributed by atoms with Gasteiger partial charge in [0.15, 0.2) is 0 Å². The smallest absolute Gasteiger partial charge is 0.330 e. The summed E-state index contributed by atoms with van der Waals surface area (Å²) in [5, 5.41) is 0. The number of hydrogen-bond donors (Lipinski definition) is 0. The van der Waals surface area contributed by atoms with Crippen molar-refractivity contribution >= 4 is 12.0 Å². The molecule has 0 saturated carbocycles. The Morgan fingerprint density at radius 2 is 1.55 bits per heavy atom. The highest BCUT2D eigenvalue weighted by Crippen LogP contribution is 2.25. The van der Waals surface area contributed by atoms with E-state index in [0.29, 0.717) is 0 Å². The number of carbonyl (C=O) groups excluding carboxylic acids is 1. The van der Waals surface area contributed by atoms with Crippen LogP contribution in [-0.2, 0) is 9.53 Å². The lowest BCUT2D eigenvalue weighted by atomic mass is 9.92. The van der Waals surface area contributed by atoms with Crippen LogP contribution in [0.15, 0.2) is 59.7 Å². The summed E-state index contributed by atoms with van der Waals surface area (Å²) in [6, 6.07) is 10.3. The molecule has 0 unspecified atom stereocenters. The molecular weight excluding hydrogens is 272 g/mol. The largest absolute Gasteiger partial charge is 0.466 e. The van der Waals surface area contributed by atoms with Gasteiger partial charge in [-0.3, -0.25) is 0 Å². The summed E-state index contributed by atoms with van der Waals surface area (Å²) in [5.74, 6) is -0.291. The monoisotopic (exact) mass is 296 g/mol. The highest BCUT2D eigenvalue weighted by molar-refractivity contribution is 5.82. The molecule has 1 aromatic rings. The molecule has 116 valence electrons. The quantitative estimate of drug-likeness (QED) is 0.572. The van der Waals surface area contributed by atoms with E-state index in [1.807, 2.05) is 24.3 Å². The minimum Gasteiger partial charge on any atom is -0.466 e. The molecule has 0 aliphatic heterocycles. The van der Waals surface area contributed by atoms with Crippen molar-refractivity contribution in [3.8, 4) is 0 Å². The van der Waals surface area contributed by atoms with E-state index in [4.69, 9.17) is 4.74 Å². The third-order valence-corrected chi connectivity index (χ3v) is 3.95. The van der Waals surface area contributed by atoms with E-state index in [1.54, 1.807) is 0 Å². The molecule has 0 bridgehead atoms. The summed E-state index contributed by atoms with van der Waals surface area (Å²) >= 11 is 0. The summed E-state index contributed by atoms with van der Waals surface area (Å²) in [5.41, 5.74) is 3.80. The van der Waals surface area contributed by atoms with E-state index >= 15 is 0 Å². The van der Waals surface area contributed by atoms with Crippen molar-refractivity contribution in [1.82, 2.24) is 0 Å². The van der Waals surface area contributed by atoms with Gasteiger partial charge in [-0.2, -0.15) is 0 Å². The molecule has 0 N–H and O–H groups in total. The summed E-state index contributed by atoms with van der Waals surface area (Å²) < 4.78 is 4.70. The van der Waals surface area contributed by atoms with E-state index in [0.717, 1.165) is 12.8 Å². The van der Waals surface area contributed by atoms with Crippen LogP contribution in [0.4, 0.5) is 0 Å². The van der Waals surface area contributed by atoms with Crippen LogP contribution in [-0.4, -0.2) is 13.1 Å². The number of rotatable bonds is 4. The van der Waals surface area contributed by atoms with Gasteiger partial charge in [-0.1, -0.05) is 61.4 Å². The Morgan fingerprint density at radius 1 is 0.909 bits per heavy atom. The Morgan fingerprint density at radius 3 is 2.18 bits per heavy atom. The average molecular weight is 296 g/mol. The maximum Gasteiger partial charge on any atom is 0.330 e. The third kappa shape index (κ3) is 5.36. The Balaban J connectivity index is 2.23. The van der Waals surface area contributed by atoms with Crippen molar-refractivity contribution in [3.05, 3.63) is 65.3 Å². The summed E-state index contributed by atoms with van der Waals surface area (Å²) in [7, 11) is 1.41. The van der Waals surface area contributed by atoms with Crippen LogP contribution in [0.3, 0.4) is 0 Å². The first-order chi connectivity index (χ1) is 10.8. The molecule has 0 atom stereocenters. The normalized spacial score (nSPS) is 20.0. The molecule has 0 saturated heterocycles. The molecule has 1 aliphatic rings. The zero-order chi connectivity index (χ0) is 15.6. The van der Waals surface area contributed by atoms with E-state index in [1.165, 1.54) is 55.6 Å².